The number of carbonyl (C=O) groups excluding carboxylic acids is 2. The number of alkyl carbamates (subject to hydrolysis) is 1. The summed E-state index contributed by atoms with van der Waals surface area (Å²) in [5, 5.41) is 2.58. The van der Waals surface area contributed by atoms with Gasteiger partial charge in [-0.1, -0.05) is 44.2 Å². The Hall–Kier alpha value is -2.08. The number of rotatable bonds is 7. The van der Waals surface area contributed by atoms with Gasteiger partial charge in [0, 0.05) is 0 Å². The molecule has 2 atom stereocenters. The summed E-state index contributed by atoms with van der Waals surface area (Å²) in [6.45, 7) is 9.43. The highest BCUT2D eigenvalue weighted by Gasteiger charge is 2.35. The topological polar surface area (TPSA) is 73.9 Å². The van der Waals surface area contributed by atoms with Gasteiger partial charge < -0.3 is 19.5 Å². The Morgan fingerprint density at radius 3 is 2.20 bits per heavy atom. The predicted octanol–water partition coefficient (Wildman–Crippen LogP) is 3.29. The van der Waals surface area contributed by atoms with E-state index in [-0.39, 0.29) is 5.92 Å². The molecule has 1 amide bonds. The lowest BCUT2D eigenvalue weighted by atomic mass is 9.99. The fourth-order valence-corrected chi connectivity index (χ4v) is 2.28. The molecule has 140 valence electrons. The largest absolute Gasteiger partial charge is 0.467 e. The van der Waals surface area contributed by atoms with Crippen molar-refractivity contribution in [3.63, 3.8) is 0 Å². The molecule has 0 unspecified atom stereocenters. The van der Waals surface area contributed by atoms with Crippen molar-refractivity contribution >= 4 is 12.1 Å². The predicted molar refractivity (Wildman–Crippen MR) is 95.0 cm³/mol. The molecule has 6 nitrogen and oxygen atoms in total. The van der Waals surface area contributed by atoms with Crippen LogP contribution in [0, 0.1) is 5.92 Å². The first-order chi connectivity index (χ1) is 11.6. The molecule has 1 aromatic rings. The molecule has 25 heavy (non-hydrogen) atoms. The number of ether oxygens (including phenoxy) is 3. The van der Waals surface area contributed by atoms with E-state index in [0.29, 0.717) is 6.61 Å². The molecule has 0 fully saturated rings. The molecule has 0 radical (unpaired) electrons. The number of esters is 1. The molecule has 0 aliphatic heterocycles. The molecule has 1 rings (SSSR count). The van der Waals surface area contributed by atoms with E-state index >= 15 is 0 Å². The van der Waals surface area contributed by atoms with Crippen LogP contribution in [0.2, 0.25) is 0 Å². The van der Waals surface area contributed by atoms with Crippen molar-refractivity contribution in [3.05, 3.63) is 35.9 Å². The van der Waals surface area contributed by atoms with Gasteiger partial charge in [0.1, 0.15) is 5.60 Å². The molecule has 0 saturated heterocycles. The van der Waals surface area contributed by atoms with Crippen LogP contribution in [0.25, 0.3) is 0 Å². The summed E-state index contributed by atoms with van der Waals surface area (Å²) in [5.41, 5.74) is 0.317. The van der Waals surface area contributed by atoms with Crippen molar-refractivity contribution in [1.29, 1.82) is 0 Å². The van der Waals surface area contributed by atoms with Gasteiger partial charge in [0.15, 0.2) is 6.04 Å². The fraction of sp³-hybridized carbons (Fsp3) is 0.579. The van der Waals surface area contributed by atoms with Crippen LogP contribution in [0.15, 0.2) is 30.3 Å². The van der Waals surface area contributed by atoms with Gasteiger partial charge in [-0.15, -0.1) is 0 Å². The van der Waals surface area contributed by atoms with Crippen molar-refractivity contribution in [3.8, 4) is 0 Å². The highest BCUT2D eigenvalue weighted by Crippen LogP contribution is 2.16. The Kier molecular flexibility index (Phi) is 7.90. The third-order valence-corrected chi connectivity index (χ3v) is 3.40. The average molecular weight is 351 g/mol. The van der Waals surface area contributed by atoms with Crippen LogP contribution in [0.3, 0.4) is 0 Å². The third kappa shape index (κ3) is 7.56. The summed E-state index contributed by atoms with van der Waals surface area (Å²) in [6, 6.07) is 8.67. The van der Waals surface area contributed by atoms with Crippen molar-refractivity contribution in [2.45, 2.75) is 59.0 Å². The maximum Gasteiger partial charge on any atom is 0.408 e. The monoisotopic (exact) mass is 351 g/mol. The second-order valence-corrected chi connectivity index (χ2v) is 7.15. The zero-order valence-electron chi connectivity index (χ0n) is 15.9. The molecule has 0 aliphatic carbocycles. The zero-order chi connectivity index (χ0) is 19.0. The lowest BCUT2D eigenvalue weighted by molar-refractivity contribution is -0.149. The number of nitrogens with one attached hydrogen (secondary N) is 1. The van der Waals surface area contributed by atoms with Crippen LogP contribution >= 0.6 is 0 Å². The number of hydrogen-bond donors (Lipinski definition) is 1. The maximum atomic E-state index is 12.2. The Morgan fingerprint density at radius 1 is 1.12 bits per heavy atom. The van der Waals surface area contributed by atoms with Gasteiger partial charge in [-0.25, -0.2) is 9.59 Å². The highest BCUT2D eigenvalue weighted by atomic mass is 16.6. The Morgan fingerprint density at radius 2 is 1.72 bits per heavy atom. The zero-order valence-corrected chi connectivity index (χ0v) is 15.9. The first-order valence-electron chi connectivity index (χ1n) is 8.37. The smallest absolute Gasteiger partial charge is 0.408 e. The van der Waals surface area contributed by atoms with Crippen LogP contribution in [0.1, 0.15) is 40.2 Å². The van der Waals surface area contributed by atoms with Crippen LogP contribution in [0.4, 0.5) is 4.79 Å². The number of carbonyl (C=O) groups is 2. The average Bonchev–Trinajstić information content (AvgIpc) is 2.52. The van der Waals surface area contributed by atoms with Gasteiger partial charge in [-0.05, 0) is 32.3 Å². The van der Waals surface area contributed by atoms with E-state index in [1.54, 1.807) is 20.8 Å². The van der Waals surface area contributed by atoms with Crippen LogP contribution in [-0.4, -0.2) is 36.9 Å². The summed E-state index contributed by atoms with van der Waals surface area (Å²) in [7, 11) is 1.28. The number of amides is 1. The molecule has 0 saturated carbocycles. The Bertz CT molecular complexity index is 551. The lowest BCUT2D eigenvalue weighted by Crippen LogP contribution is -2.53. The summed E-state index contributed by atoms with van der Waals surface area (Å²) in [5.74, 6) is -0.597. The number of hydrogen-bond acceptors (Lipinski definition) is 5. The normalized spacial score (nSPS) is 13.9. The molecular formula is C19H29NO5. The van der Waals surface area contributed by atoms with E-state index in [0.717, 1.165) is 5.56 Å². The molecule has 1 N–H and O–H groups in total. The van der Waals surface area contributed by atoms with E-state index in [1.165, 1.54) is 7.11 Å². The molecule has 1 aromatic carbocycles. The summed E-state index contributed by atoms with van der Waals surface area (Å²) in [6.07, 6.45) is -1.24. The van der Waals surface area contributed by atoms with E-state index in [9.17, 15) is 9.59 Å². The standard InChI is InChI=1S/C19H29NO5/c1-13(2)16(24-12-14-10-8-7-9-11-14)15(17(21)23-6)20-18(22)25-19(3,4)5/h7-11,13,15-16H,12H2,1-6H3,(H,20,22)/t15-,16+/m0/s1. The quantitative estimate of drug-likeness (QED) is 0.763. The van der Waals surface area contributed by atoms with Crippen molar-refractivity contribution in [2.75, 3.05) is 7.11 Å². The van der Waals surface area contributed by atoms with Crippen LogP contribution in [0.5, 0.6) is 0 Å². The molecular weight excluding hydrogens is 322 g/mol. The van der Waals surface area contributed by atoms with E-state index in [1.807, 2.05) is 44.2 Å². The van der Waals surface area contributed by atoms with E-state index in [2.05, 4.69) is 5.32 Å². The first kappa shape index (κ1) is 21.0. The molecule has 0 bridgehead atoms. The van der Waals surface area contributed by atoms with Crippen LogP contribution in [-0.2, 0) is 25.6 Å². The first-order valence-corrected chi connectivity index (χ1v) is 8.37. The van der Waals surface area contributed by atoms with Gasteiger partial charge in [-0.3, -0.25) is 0 Å². The van der Waals surface area contributed by atoms with Crippen molar-refractivity contribution < 1.29 is 23.8 Å². The van der Waals surface area contributed by atoms with Gasteiger partial charge in [0.05, 0.1) is 19.8 Å². The fourth-order valence-electron chi connectivity index (χ4n) is 2.28. The van der Waals surface area contributed by atoms with Gasteiger partial charge in [0.2, 0.25) is 0 Å². The minimum Gasteiger partial charge on any atom is -0.467 e. The second kappa shape index (κ2) is 9.42. The summed E-state index contributed by atoms with van der Waals surface area (Å²) >= 11 is 0. The summed E-state index contributed by atoms with van der Waals surface area (Å²) in [4.78, 5) is 24.3. The molecule has 0 aliphatic rings. The highest BCUT2D eigenvalue weighted by molar-refractivity contribution is 5.82. The van der Waals surface area contributed by atoms with Gasteiger partial charge >= 0.3 is 12.1 Å². The molecule has 0 aromatic heterocycles. The summed E-state index contributed by atoms with van der Waals surface area (Å²) < 4.78 is 16.0. The minimum atomic E-state index is -0.955. The van der Waals surface area contributed by atoms with Crippen molar-refractivity contribution in [2.24, 2.45) is 5.92 Å². The molecule has 6 heteroatoms. The Labute approximate surface area is 149 Å². The van der Waals surface area contributed by atoms with Gasteiger partial charge in [0.25, 0.3) is 0 Å². The van der Waals surface area contributed by atoms with E-state index < -0.39 is 29.8 Å². The minimum absolute atomic E-state index is 0.0252. The Balaban J connectivity index is 2.87. The molecule has 0 spiro atoms. The van der Waals surface area contributed by atoms with E-state index in [4.69, 9.17) is 14.2 Å². The maximum absolute atomic E-state index is 12.2. The SMILES string of the molecule is COC(=O)[C@@H](NC(=O)OC(C)(C)C)[C@H](OCc1ccccc1)C(C)C. The van der Waals surface area contributed by atoms with Crippen LogP contribution < -0.4 is 5.32 Å². The van der Waals surface area contributed by atoms with Crippen molar-refractivity contribution in [1.82, 2.24) is 5.32 Å². The van der Waals surface area contributed by atoms with Gasteiger partial charge in [-0.2, -0.15) is 0 Å². The number of benzene rings is 1. The molecule has 0 heterocycles. The lowest BCUT2D eigenvalue weighted by Gasteiger charge is -2.30. The number of methoxy groups -OCH3 is 1. The second-order valence-electron chi connectivity index (χ2n) is 7.15. The third-order valence-electron chi connectivity index (χ3n) is 3.40.